The third kappa shape index (κ3) is 6.97. The smallest absolute Gasteiger partial charge is 0.410 e. The van der Waals surface area contributed by atoms with Crippen LogP contribution in [0.1, 0.15) is 72.6 Å². The zero-order valence-electron chi connectivity index (χ0n) is 14.9. The second-order valence-electron chi connectivity index (χ2n) is 7.45. The molecule has 0 aromatic rings. The van der Waals surface area contributed by atoms with Crippen LogP contribution in [0.3, 0.4) is 0 Å². The molecule has 5 heteroatoms. The number of carbonyl (C=O) groups is 1. The molecule has 2 unspecified atom stereocenters. The van der Waals surface area contributed by atoms with Gasteiger partial charge in [-0.15, -0.1) is 0 Å². The van der Waals surface area contributed by atoms with Crippen LogP contribution in [0, 0.1) is 5.92 Å². The number of likely N-dealkylation sites (tertiary alicyclic amines) is 1. The van der Waals surface area contributed by atoms with Gasteiger partial charge in [-0.25, -0.2) is 4.79 Å². The minimum atomic E-state index is -0.431. The lowest BCUT2D eigenvalue weighted by molar-refractivity contribution is 0.0285. The van der Waals surface area contributed by atoms with Crippen molar-refractivity contribution in [1.82, 2.24) is 10.3 Å². The van der Waals surface area contributed by atoms with Gasteiger partial charge in [0, 0.05) is 19.1 Å². The Hall–Kier alpha value is -0.810. The maximum absolute atomic E-state index is 12.1. The number of hydrogen-bond acceptors (Lipinski definition) is 4. The number of rotatable bonds is 8. The van der Waals surface area contributed by atoms with Gasteiger partial charge in [-0.3, -0.25) is 11.3 Å². The van der Waals surface area contributed by atoms with Gasteiger partial charge in [0.15, 0.2) is 0 Å². The second-order valence-corrected chi connectivity index (χ2v) is 7.45. The number of amides is 1. The van der Waals surface area contributed by atoms with Gasteiger partial charge in [-0.2, -0.15) is 0 Å². The van der Waals surface area contributed by atoms with Crippen LogP contribution in [0.25, 0.3) is 0 Å². The maximum atomic E-state index is 12.1. The van der Waals surface area contributed by atoms with E-state index in [-0.39, 0.29) is 6.09 Å². The molecule has 1 heterocycles. The SMILES string of the molecule is CCCCCCCC(NN)C1CCN(C(=O)OC(C)(C)C)C1. The molecule has 1 amide bonds. The van der Waals surface area contributed by atoms with E-state index in [1.54, 1.807) is 0 Å². The monoisotopic (exact) mass is 313 g/mol. The third-order valence-electron chi connectivity index (χ3n) is 4.28. The molecule has 0 aliphatic carbocycles. The largest absolute Gasteiger partial charge is 0.444 e. The van der Waals surface area contributed by atoms with E-state index in [1.165, 1.54) is 32.1 Å². The predicted molar refractivity (Wildman–Crippen MR) is 90.4 cm³/mol. The summed E-state index contributed by atoms with van der Waals surface area (Å²) in [6.07, 6.45) is 8.27. The normalized spacial score (nSPS) is 20.2. The molecule has 1 fully saturated rings. The van der Waals surface area contributed by atoms with E-state index in [2.05, 4.69) is 12.3 Å². The van der Waals surface area contributed by atoms with Crippen molar-refractivity contribution in [2.45, 2.75) is 84.3 Å². The highest BCUT2D eigenvalue weighted by Crippen LogP contribution is 2.24. The lowest BCUT2D eigenvalue weighted by Crippen LogP contribution is -2.43. The van der Waals surface area contributed by atoms with Gasteiger partial charge in [0.25, 0.3) is 0 Å². The molecule has 1 aliphatic rings. The van der Waals surface area contributed by atoms with Crippen molar-refractivity contribution in [2.24, 2.45) is 11.8 Å². The molecule has 1 rings (SSSR count). The molecule has 5 nitrogen and oxygen atoms in total. The van der Waals surface area contributed by atoms with Crippen molar-refractivity contribution < 1.29 is 9.53 Å². The molecular weight excluding hydrogens is 278 g/mol. The first-order valence-corrected chi connectivity index (χ1v) is 8.81. The highest BCUT2D eigenvalue weighted by atomic mass is 16.6. The van der Waals surface area contributed by atoms with Gasteiger partial charge in [0.2, 0.25) is 0 Å². The van der Waals surface area contributed by atoms with Gasteiger partial charge in [-0.1, -0.05) is 39.0 Å². The van der Waals surface area contributed by atoms with Crippen LogP contribution in [0.5, 0.6) is 0 Å². The van der Waals surface area contributed by atoms with E-state index in [4.69, 9.17) is 10.6 Å². The summed E-state index contributed by atoms with van der Waals surface area (Å²) < 4.78 is 5.44. The fourth-order valence-electron chi connectivity index (χ4n) is 3.03. The number of hydrogen-bond donors (Lipinski definition) is 2. The highest BCUT2D eigenvalue weighted by Gasteiger charge is 2.33. The Bertz CT molecular complexity index is 328. The third-order valence-corrected chi connectivity index (χ3v) is 4.28. The number of unbranched alkanes of at least 4 members (excludes halogenated alkanes) is 4. The standard InChI is InChI=1S/C17H35N3O2/c1-5-6-7-8-9-10-15(19-18)14-11-12-20(13-14)16(21)22-17(2,3)4/h14-15,19H,5-13,18H2,1-4H3. The quantitative estimate of drug-likeness (QED) is 0.409. The number of nitrogens with one attached hydrogen (secondary N) is 1. The summed E-state index contributed by atoms with van der Waals surface area (Å²) in [6, 6.07) is 0.300. The molecular formula is C17H35N3O2. The number of hydrazine groups is 1. The minimum Gasteiger partial charge on any atom is -0.444 e. The van der Waals surface area contributed by atoms with E-state index in [1.807, 2.05) is 25.7 Å². The van der Waals surface area contributed by atoms with Crippen LogP contribution in [-0.4, -0.2) is 35.7 Å². The summed E-state index contributed by atoms with van der Waals surface area (Å²) >= 11 is 0. The van der Waals surface area contributed by atoms with Crippen molar-refractivity contribution in [3.63, 3.8) is 0 Å². The Labute approximate surface area is 135 Å². The summed E-state index contributed by atoms with van der Waals surface area (Å²) in [7, 11) is 0. The summed E-state index contributed by atoms with van der Waals surface area (Å²) in [6.45, 7) is 9.46. The summed E-state index contributed by atoms with van der Waals surface area (Å²) in [5.41, 5.74) is 2.53. The van der Waals surface area contributed by atoms with Crippen LogP contribution < -0.4 is 11.3 Å². The van der Waals surface area contributed by atoms with Crippen LogP contribution in [0.15, 0.2) is 0 Å². The minimum absolute atomic E-state index is 0.200. The number of ether oxygens (including phenoxy) is 1. The number of nitrogens with zero attached hydrogens (tertiary/aromatic N) is 1. The fourth-order valence-corrected chi connectivity index (χ4v) is 3.03. The van der Waals surface area contributed by atoms with Crippen molar-refractivity contribution >= 4 is 6.09 Å². The van der Waals surface area contributed by atoms with Crippen molar-refractivity contribution in [3.8, 4) is 0 Å². The van der Waals surface area contributed by atoms with Crippen molar-refractivity contribution in [2.75, 3.05) is 13.1 Å². The van der Waals surface area contributed by atoms with Gasteiger partial charge in [0.1, 0.15) is 5.60 Å². The van der Waals surface area contributed by atoms with E-state index in [0.29, 0.717) is 12.0 Å². The zero-order valence-corrected chi connectivity index (χ0v) is 14.9. The summed E-state index contributed by atoms with van der Waals surface area (Å²) in [4.78, 5) is 13.9. The van der Waals surface area contributed by atoms with Crippen LogP contribution >= 0.6 is 0 Å². The molecule has 1 saturated heterocycles. The number of carbonyl (C=O) groups excluding carboxylic acids is 1. The molecule has 0 spiro atoms. The van der Waals surface area contributed by atoms with Crippen LogP contribution in [0.4, 0.5) is 4.79 Å². The molecule has 130 valence electrons. The Balaban J connectivity index is 2.34. The lowest BCUT2D eigenvalue weighted by atomic mass is 9.94. The molecule has 0 saturated carbocycles. The molecule has 0 aromatic carbocycles. The van der Waals surface area contributed by atoms with E-state index >= 15 is 0 Å². The molecule has 0 bridgehead atoms. The first kappa shape index (κ1) is 19.2. The fraction of sp³-hybridized carbons (Fsp3) is 0.941. The lowest BCUT2D eigenvalue weighted by Gasteiger charge is -2.26. The maximum Gasteiger partial charge on any atom is 0.410 e. The topological polar surface area (TPSA) is 67.6 Å². The molecule has 22 heavy (non-hydrogen) atoms. The molecule has 1 aliphatic heterocycles. The molecule has 2 atom stereocenters. The average molecular weight is 313 g/mol. The van der Waals surface area contributed by atoms with Crippen LogP contribution in [-0.2, 0) is 4.74 Å². The van der Waals surface area contributed by atoms with E-state index < -0.39 is 5.60 Å². The molecule has 3 N–H and O–H groups in total. The van der Waals surface area contributed by atoms with Gasteiger partial charge < -0.3 is 9.64 Å². The molecule has 0 aromatic heterocycles. The molecule has 0 radical (unpaired) electrons. The predicted octanol–water partition coefficient (Wildman–Crippen LogP) is 3.44. The van der Waals surface area contributed by atoms with E-state index in [0.717, 1.165) is 25.9 Å². The van der Waals surface area contributed by atoms with Crippen molar-refractivity contribution in [3.05, 3.63) is 0 Å². The first-order chi connectivity index (χ1) is 10.4. The van der Waals surface area contributed by atoms with Gasteiger partial charge >= 0.3 is 6.09 Å². The summed E-state index contributed by atoms with van der Waals surface area (Å²) in [5, 5.41) is 0. The van der Waals surface area contributed by atoms with Crippen molar-refractivity contribution in [1.29, 1.82) is 0 Å². The Morgan fingerprint density at radius 2 is 2.00 bits per heavy atom. The highest BCUT2D eigenvalue weighted by molar-refractivity contribution is 5.68. The average Bonchev–Trinajstić information content (AvgIpc) is 2.91. The zero-order chi connectivity index (χ0) is 16.6. The van der Waals surface area contributed by atoms with E-state index in [9.17, 15) is 4.79 Å². The van der Waals surface area contributed by atoms with Crippen LogP contribution in [0.2, 0.25) is 0 Å². The first-order valence-electron chi connectivity index (χ1n) is 8.81. The Morgan fingerprint density at radius 3 is 2.59 bits per heavy atom. The second kappa shape index (κ2) is 9.36. The Kier molecular flexibility index (Phi) is 8.18. The number of nitrogens with two attached hydrogens (primary N) is 1. The van der Waals surface area contributed by atoms with Gasteiger partial charge in [-0.05, 0) is 39.5 Å². The Morgan fingerprint density at radius 1 is 1.32 bits per heavy atom. The summed E-state index contributed by atoms with van der Waals surface area (Å²) in [5.74, 6) is 6.17. The van der Waals surface area contributed by atoms with Gasteiger partial charge in [0.05, 0.1) is 0 Å².